The van der Waals surface area contributed by atoms with Crippen LogP contribution in [0.3, 0.4) is 0 Å². The van der Waals surface area contributed by atoms with Crippen LogP contribution in [0.2, 0.25) is 0 Å². The summed E-state index contributed by atoms with van der Waals surface area (Å²) >= 11 is 0. The summed E-state index contributed by atoms with van der Waals surface area (Å²) in [4.78, 5) is 25.6. The molecule has 21 heavy (non-hydrogen) atoms. The third-order valence-electron chi connectivity index (χ3n) is 3.74. The van der Waals surface area contributed by atoms with Crippen LogP contribution >= 0.6 is 0 Å². The average Bonchev–Trinajstić information content (AvgIpc) is 2.51. The maximum absolute atomic E-state index is 12.1. The minimum Gasteiger partial charge on any atom is -0.338 e. The molecule has 4 nitrogen and oxygen atoms in total. The van der Waals surface area contributed by atoms with Crippen LogP contribution in [-0.4, -0.2) is 30.3 Å². The molecule has 0 radical (unpaired) electrons. The van der Waals surface area contributed by atoms with Crippen LogP contribution < -0.4 is 5.32 Å². The zero-order chi connectivity index (χ0) is 15.8. The summed E-state index contributed by atoms with van der Waals surface area (Å²) in [5, 5.41) is 2.75. The maximum atomic E-state index is 12.1. The van der Waals surface area contributed by atoms with Gasteiger partial charge in [0.25, 0.3) is 0 Å². The molecule has 116 valence electrons. The number of likely N-dealkylation sites (N-methyl/N-ethyl adjacent to an activating group) is 1. The second-order valence-electron chi connectivity index (χ2n) is 5.43. The molecule has 2 amide bonds. The molecule has 4 heteroatoms. The molecule has 1 atom stereocenters. The Morgan fingerprint density at radius 1 is 1.24 bits per heavy atom. The largest absolute Gasteiger partial charge is 0.338 e. The Morgan fingerprint density at radius 3 is 2.52 bits per heavy atom. The zero-order valence-corrected chi connectivity index (χ0v) is 13.5. The predicted octanol–water partition coefficient (Wildman–Crippen LogP) is 3.40. The smallest absolute Gasteiger partial charge is 0.313 e. The number of unbranched alkanes of at least 4 members (excludes halogenated alkanes) is 1. The Labute approximate surface area is 127 Å². The highest BCUT2D eigenvalue weighted by atomic mass is 16.2. The van der Waals surface area contributed by atoms with E-state index in [1.54, 1.807) is 7.05 Å². The van der Waals surface area contributed by atoms with E-state index in [9.17, 15) is 9.59 Å². The van der Waals surface area contributed by atoms with Crippen LogP contribution in [0.1, 0.15) is 51.5 Å². The lowest BCUT2D eigenvalue weighted by Crippen LogP contribution is -2.37. The molecule has 0 spiro atoms. The van der Waals surface area contributed by atoms with Gasteiger partial charge in [-0.15, -0.1) is 0 Å². The van der Waals surface area contributed by atoms with Gasteiger partial charge in [0, 0.05) is 19.3 Å². The van der Waals surface area contributed by atoms with Crippen LogP contribution in [0.25, 0.3) is 0 Å². The van der Waals surface area contributed by atoms with E-state index in [0.29, 0.717) is 12.5 Å². The number of hydrogen-bond acceptors (Lipinski definition) is 2. The number of hydrogen-bond donors (Lipinski definition) is 1. The second kappa shape index (κ2) is 8.45. The molecular formula is C17H26N2O2. The van der Waals surface area contributed by atoms with Gasteiger partial charge in [0.1, 0.15) is 0 Å². The van der Waals surface area contributed by atoms with Crippen LogP contribution in [0.5, 0.6) is 0 Å². The highest BCUT2D eigenvalue weighted by Crippen LogP contribution is 2.26. The number of para-hydroxylation sites is 1. The van der Waals surface area contributed by atoms with Gasteiger partial charge in [0.2, 0.25) is 0 Å². The Hall–Kier alpha value is -1.84. The van der Waals surface area contributed by atoms with Gasteiger partial charge in [-0.05, 0) is 30.4 Å². The summed E-state index contributed by atoms with van der Waals surface area (Å²) in [6.45, 7) is 6.88. The molecule has 1 unspecified atom stereocenters. The summed E-state index contributed by atoms with van der Waals surface area (Å²) in [7, 11) is 1.66. The van der Waals surface area contributed by atoms with Gasteiger partial charge < -0.3 is 10.2 Å². The van der Waals surface area contributed by atoms with Gasteiger partial charge in [-0.3, -0.25) is 9.59 Å². The second-order valence-corrected chi connectivity index (χ2v) is 5.43. The monoisotopic (exact) mass is 290 g/mol. The van der Waals surface area contributed by atoms with E-state index in [1.807, 2.05) is 24.3 Å². The first-order valence-corrected chi connectivity index (χ1v) is 7.66. The molecule has 1 aromatic carbocycles. The SMILES string of the molecule is CCCCN(C)C(=O)C(=O)Nc1ccccc1C(C)CC. The van der Waals surface area contributed by atoms with Crippen molar-refractivity contribution in [1.82, 2.24) is 4.90 Å². The fourth-order valence-corrected chi connectivity index (χ4v) is 2.11. The molecule has 0 fully saturated rings. The van der Waals surface area contributed by atoms with Gasteiger partial charge >= 0.3 is 11.8 Å². The summed E-state index contributed by atoms with van der Waals surface area (Å²) in [5.74, 6) is -0.707. The van der Waals surface area contributed by atoms with E-state index in [1.165, 1.54) is 4.90 Å². The molecule has 0 saturated carbocycles. The van der Waals surface area contributed by atoms with Crippen LogP contribution in [-0.2, 0) is 9.59 Å². The van der Waals surface area contributed by atoms with Crippen LogP contribution in [0, 0.1) is 0 Å². The highest BCUT2D eigenvalue weighted by Gasteiger charge is 2.20. The molecule has 0 saturated heterocycles. The quantitative estimate of drug-likeness (QED) is 0.816. The third kappa shape index (κ3) is 4.88. The first-order valence-electron chi connectivity index (χ1n) is 7.66. The van der Waals surface area contributed by atoms with E-state index in [4.69, 9.17) is 0 Å². The Morgan fingerprint density at radius 2 is 1.90 bits per heavy atom. The molecule has 0 aliphatic heterocycles. The standard InChI is InChI=1S/C17H26N2O2/c1-5-7-12-19(4)17(21)16(20)18-15-11-9-8-10-14(15)13(3)6-2/h8-11,13H,5-7,12H2,1-4H3,(H,18,20). The van der Waals surface area contributed by atoms with E-state index < -0.39 is 11.8 Å². The highest BCUT2D eigenvalue weighted by molar-refractivity contribution is 6.39. The summed E-state index contributed by atoms with van der Waals surface area (Å²) < 4.78 is 0. The van der Waals surface area contributed by atoms with E-state index in [-0.39, 0.29) is 0 Å². The first kappa shape index (κ1) is 17.2. The Balaban J connectivity index is 2.77. The Bertz CT molecular complexity index is 485. The lowest BCUT2D eigenvalue weighted by atomic mass is 9.97. The number of anilines is 1. The van der Waals surface area contributed by atoms with Crippen molar-refractivity contribution < 1.29 is 9.59 Å². The third-order valence-corrected chi connectivity index (χ3v) is 3.74. The van der Waals surface area contributed by atoms with E-state index in [0.717, 1.165) is 30.5 Å². The molecule has 0 aliphatic carbocycles. The number of carbonyl (C=O) groups is 2. The minimum atomic E-state index is -0.565. The lowest BCUT2D eigenvalue weighted by Gasteiger charge is -2.18. The van der Waals surface area contributed by atoms with Crippen molar-refractivity contribution in [2.24, 2.45) is 0 Å². The summed E-state index contributed by atoms with van der Waals surface area (Å²) in [6, 6.07) is 7.66. The number of rotatable bonds is 6. The van der Waals surface area contributed by atoms with Crippen molar-refractivity contribution >= 4 is 17.5 Å². The van der Waals surface area contributed by atoms with Crippen molar-refractivity contribution in [3.8, 4) is 0 Å². The fourth-order valence-electron chi connectivity index (χ4n) is 2.11. The molecule has 1 rings (SSSR count). The van der Waals surface area contributed by atoms with Gasteiger partial charge in [-0.1, -0.05) is 45.4 Å². The lowest BCUT2D eigenvalue weighted by molar-refractivity contribution is -0.142. The number of carbonyl (C=O) groups excluding carboxylic acids is 2. The number of nitrogens with zero attached hydrogens (tertiary/aromatic N) is 1. The number of amides is 2. The van der Waals surface area contributed by atoms with Gasteiger partial charge in [-0.2, -0.15) is 0 Å². The Kier molecular flexibility index (Phi) is 6.92. The predicted molar refractivity (Wildman–Crippen MR) is 86.3 cm³/mol. The van der Waals surface area contributed by atoms with Crippen molar-refractivity contribution in [3.63, 3.8) is 0 Å². The zero-order valence-electron chi connectivity index (χ0n) is 13.5. The van der Waals surface area contributed by atoms with E-state index >= 15 is 0 Å². The van der Waals surface area contributed by atoms with E-state index in [2.05, 4.69) is 26.1 Å². The minimum absolute atomic E-state index is 0.342. The van der Waals surface area contributed by atoms with Crippen molar-refractivity contribution in [1.29, 1.82) is 0 Å². The molecule has 0 aliphatic rings. The normalized spacial score (nSPS) is 11.8. The molecular weight excluding hydrogens is 264 g/mol. The number of nitrogens with one attached hydrogen (secondary N) is 1. The summed E-state index contributed by atoms with van der Waals surface area (Å²) in [5.41, 5.74) is 1.80. The molecule has 0 heterocycles. The fraction of sp³-hybridized carbons (Fsp3) is 0.529. The first-order chi connectivity index (χ1) is 10.0. The van der Waals surface area contributed by atoms with Crippen molar-refractivity contribution in [2.45, 2.75) is 46.0 Å². The van der Waals surface area contributed by atoms with Crippen molar-refractivity contribution in [3.05, 3.63) is 29.8 Å². The molecule has 0 aromatic heterocycles. The topological polar surface area (TPSA) is 49.4 Å². The van der Waals surface area contributed by atoms with Crippen LogP contribution in [0.4, 0.5) is 5.69 Å². The molecule has 0 bridgehead atoms. The molecule has 1 N–H and O–H groups in total. The average molecular weight is 290 g/mol. The molecule has 1 aromatic rings. The maximum Gasteiger partial charge on any atom is 0.313 e. The van der Waals surface area contributed by atoms with Gasteiger partial charge in [0.15, 0.2) is 0 Å². The van der Waals surface area contributed by atoms with Gasteiger partial charge in [0.05, 0.1) is 0 Å². The van der Waals surface area contributed by atoms with Crippen LogP contribution in [0.15, 0.2) is 24.3 Å². The van der Waals surface area contributed by atoms with Crippen molar-refractivity contribution in [2.75, 3.05) is 18.9 Å². The summed E-state index contributed by atoms with van der Waals surface area (Å²) in [6.07, 6.45) is 2.88. The number of benzene rings is 1. The van der Waals surface area contributed by atoms with Gasteiger partial charge in [-0.25, -0.2) is 0 Å².